The zero-order valence-electron chi connectivity index (χ0n) is 9.52. The fourth-order valence-electron chi connectivity index (χ4n) is 2.25. The molecule has 3 aliphatic rings. The quantitative estimate of drug-likeness (QED) is 0.323. The summed E-state index contributed by atoms with van der Waals surface area (Å²) in [5.41, 5.74) is 0. The Morgan fingerprint density at radius 1 is 1.00 bits per heavy atom. The molecule has 0 unspecified atom stereocenters. The third-order valence-corrected chi connectivity index (χ3v) is 3.59. The van der Waals surface area contributed by atoms with Gasteiger partial charge in [0, 0.05) is 19.6 Å². The molecule has 3 nitrogen and oxygen atoms in total. The molecule has 3 rings (SSSR count). The van der Waals surface area contributed by atoms with Gasteiger partial charge in [-0.2, -0.15) is 0 Å². The van der Waals surface area contributed by atoms with Crippen LogP contribution in [0.25, 0.3) is 0 Å². The van der Waals surface area contributed by atoms with Crippen LogP contribution in [0.4, 0.5) is 17.3 Å². The van der Waals surface area contributed by atoms with E-state index in [9.17, 15) is 17.3 Å². The molecule has 2 bridgehead atoms. The van der Waals surface area contributed by atoms with Crippen LogP contribution in [-0.4, -0.2) is 73.3 Å². The van der Waals surface area contributed by atoms with Gasteiger partial charge in [-0.05, 0) is 0 Å². The van der Waals surface area contributed by atoms with Gasteiger partial charge in [0.25, 0.3) is 0 Å². The number of fused-ring (bicyclic) bond motifs is 3. The second kappa shape index (κ2) is 6.91. The topological polar surface area (TPSA) is 34.7 Å². The van der Waals surface area contributed by atoms with Gasteiger partial charge < -0.3 is 27.2 Å². The number of nitrogens with zero attached hydrogens (tertiary/aromatic N) is 2. The van der Waals surface area contributed by atoms with Crippen molar-refractivity contribution in [3.8, 4) is 0 Å². The first kappa shape index (κ1) is 17.1. The summed E-state index contributed by atoms with van der Waals surface area (Å²) in [6.07, 6.45) is 0. The number of halogens is 5. The summed E-state index contributed by atoms with van der Waals surface area (Å²) in [7, 11) is -6.00. The molecule has 0 saturated carbocycles. The Hall–Kier alpha value is 0.145. The van der Waals surface area contributed by atoms with Crippen molar-refractivity contribution in [3.05, 3.63) is 0 Å². The average molecular weight is 325 g/mol. The molecule has 0 atom stereocenters. The summed E-state index contributed by atoms with van der Waals surface area (Å²) in [5.74, 6) is 0. The number of quaternary nitrogens is 1. The normalized spacial score (nSPS) is 31.2. The third kappa shape index (κ3) is 6.59. The third-order valence-electron chi connectivity index (χ3n) is 3.23. The van der Waals surface area contributed by atoms with Crippen LogP contribution >= 0.6 is 15.9 Å². The van der Waals surface area contributed by atoms with Crippen molar-refractivity contribution in [2.75, 3.05) is 51.1 Å². The summed E-state index contributed by atoms with van der Waals surface area (Å²) in [6.45, 7) is 9.55. The predicted molar refractivity (Wildman–Crippen MR) is 63.8 cm³/mol. The van der Waals surface area contributed by atoms with Crippen molar-refractivity contribution in [2.24, 2.45) is 0 Å². The monoisotopic (exact) mass is 324 g/mol. The number of hydrogen-bond donors (Lipinski definition) is 0. The minimum absolute atomic E-state index is 0. The largest absolute Gasteiger partial charge is 0.673 e. The van der Waals surface area contributed by atoms with Crippen LogP contribution in [0, 0.1) is 0 Å². The van der Waals surface area contributed by atoms with Crippen LogP contribution in [0.15, 0.2) is 0 Å². The molecule has 3 saturated heterocycles. The van der Waals surface area contributed by atoms with E-state index in [-0.39, 0.29) is 5.48 Å². The first-order chi connectivity index (χ1) is 7.35. The van der Waals surface area contributed by atoms with Crippen molar-refractivity contribution in [2.45, 2.75) is 0 Å². The van der Waals surface area contributed by atoms with E-state index in [0.29, 0.717) is 0 Å². The lowest BCUT2D eigenvalue weighted by molar-refractivity contribution is -0.938. The lowest BCUT2D eigenvalue weighted by Gasteiger charge is -2.50. The average Bonchev–Trinajstić information content (AvgIpc) is 2.18. The highest BCUT2D eigenvalue weighted by atomic mass is 79.9. The second-order valence-corrected chi connectivity index (χ2v) is 5.05. The Bertz CT molecular complexity index is 198. The molecule has 9 heteroatoms. The predicted octanol–water partition coefficient (Wildman–Crippen LogP) is 1.00. The lowest BCUT2D eigenvalue weighted by Crippen LogP contribution is -2.67. The molecule has 0 spiro atoms. The molecule has 3 aliphatic heterocycles. The Balaban J connectivity index is 0.000000373. The molecule has 0 aliphatic carbocycles. The fraction of sp³-hybridized carbons (Fsp3) is 1.00. The Morgan fingerprint density at radius 3 is 1.65 bits per heavy atom. The van der Waals surface area contributed by atoms with E-state index in [1.807, 2.05) is 0 Å². The van der Waals surface area contributed by atoms with E-state index < -0.39 is 7.25 Å². The van der Waals surface area contributed by atoms with Gasteiger partial charge in [-0.15, -0.1) is 0 Å². The molecule has 104 valence electrons. The number of hydrogen-bond acceptors (Lipinski definition) is 1. The van der Waals surface area contributed by atoms with Crippen LogP contribution in [-0.2, 0) is 0 Å². The lowest BCUT2D eigenvalue weighted by atomic mass is 10.1. The molecule has 0 aromatic carbocycles. The first-order valence-corrected chi connectivity index (χ1v) is 6.48. The van der Waals surface area contributed by atoms with Gasteiger partial charge in [-0.3, -0.25) is 4.90 Å². The molecular formula is C8H18BBrF4N2O. The highest BCUT2D eigenvalue weighted by molar-refractivity contribution is 9.09. The smallest absolute Gasteiger partial charge is 0.418 e. The minimum atomic E-state index is -6.00. The molecule has 0 aromatic rings. The van der Waals surface area contributed by atoms with Crippen LogP contribution in [0.1, 0.15) is 0 Å². The standard InChI is InChI=1S/C8H16BrN2.BF4.H2O/c9-1-5-11-6-2-10(3-7-11)4-8-11;2-1(3,4)5;/h1-8H2;;1H2/q+1;-1;. The number of rotatable bonds is 2. The molecule has 0 aromatic heterocycles. The maximum absolute atomic E-state index is 9.75. The van der Waals surface area contributed by atoms with E-state index >= 15 is 0 Å². The van der Waals surface area contributed by atoms with Crippen LogP contribution in [0.5, 0.6) is 0 Å². The summed E-state index contributed by atoms with van der Waals surface area (Å²) in [4.78, 5) is 2.59. The van der Waals surface area contributed by atoms with E-state index in [0.717, 1.165) is 0 Å². The molecule has 17 heavy (non-hydrogen) atoms. The molecular weight excluding hydrogens is 307 g/mol. The molecule has 3 fully saturated rings. The number of alkyl halides is 1. The Kier molecular flexibility index (Phi) is 6.97. The summed E-state index contributed by atoms with van der Waals surface area (Å²) < 4.78 is 40.4. The second-order valence-electron chi connectivity index (χ2n) is 4.26. The van der Waals surface area contributed by atoms with Crippen molar-refractivity contribution >= 4 is 23.2 Å². The fourth-order valence-corrected chi connectivity index (χ4v) is 3.00. The zero-order chi connectivity index (χ0) is 12.2. The van der Waals surface area contributed by atoms with Crippen molar-refractivity contribution in [3.63, 3.8) is 0 Å². The minimum Gasteiger partial charge on any atom is -0.418 e. The summed E-state index contributed by atoms with van der Waals surface area (Å²) in [5, 5.41) is 1.17. The van der Waals surface area contributed by atoms with Gasteiger partial charge in [-0.25, -0.2) is 0 Å². The van der Waals surface area contributed by atoms with Crippen molar-refractivity contribution in [1.29, 1.82) is 0 Å². The van der Waals surface area contributed by atoms with Gasteiger partial charge in [0.05, 0.1) is 31.5 Å². The molecule has 0 amide bonds. The molecule has 2 N–H and O–H groups in total. The van der Waals surface area contributed by atoms with Gasteiger partial charge >= 0.3 is 7.25 Å². The number of piperazine rings is 3. The van der Waals surface area contributed by atoms with Crippen LogP contribution in [0.2, 0.25) is 0 Å². The highest BCUT2D eigenvalue weighted by Crippen LogP contribution is 2.19. The highest BCUT2D eigenvalue weighted by Gasteiger charge is 2.37. The van der Waals surface area contributed by atoms with Crippen molar-refractivity contribution in [1.82, 2.24) is 4.90 Å². The summed E-state index contributed by atoms with van der Waals surface area (Å²) >= 11 is 3.55. The SMILES string of the molecule is BrCC[N+]12CCN(CC1)CC2.F[B-](F)(F)F.O. The molecule has 0 radical (unpaired) electrons. The van der Waals surface area contributed by atoms with Gasteiger partial charge in [0.15, 0.2) is 0 Å². The van der Waals surface area contributed by atoms with Gasteiger partial charge in [0.1, 0.15) is 0 Å². The summed E-state index contributed by atoms with van der Waals surface area (Å²) in [6, 6.07) is 0. The van der Waals surface area contributed by atoms with Crippen LogP contribution in [0.3, 0.4) is 0 Å². The molecule has 3 heterocycles. The van der Waals surface area contributed by atoms with Crippen molar-refractivity contribution < 1.29 is 27.2 Å². The van der Waals surface area contributed by atoms with E-state index in [4.69, 9.17) is 0 Å². The first-order valence-electron chi connectivity index (χ1n) is 5.35. The van der Waals surface area contributed by atoms with Crippen LogP contribution < -0.4 is 0 Å². The maximum Gasteiger partial charge on any atom is 0.673 e. The maximum atomic E-state index is 9.75. The Labute approximate surface area is 107 Å². The zero-order valence-corrected chi connectivity index (χ0v) is 11.1. The van der Waals surface area contributed by atoms with E-state index in [2.05, 4.69) is 20.8 Å². The van der Waals surface area contributed by atoms with Gasteiger partial charge in [-0.1, -0.05) is 15.9 Å². The van der Waals surface area contributed by atoms with E-state index in [1.54, 1.807) is 0 Å². The van der Waals surface area contributed by atoms with Gasteiger partial charge in [0.2, 0.25) is 0 Å². The Morgan fingerprint density at radius 2 is 1.35 bits per heavy atom. The van der Waals surface area contributed by atoms with E-state index in [1.165, 1.54) is 55.6 Å².